The largest absolute Gasteiger partial charge is 0.342 e. The Morgan fingerprint density at radius 2 is 1.89 bits per heavy atom. The Bertz CT molecular complexity index is 266. The van der Waals surface area contributed by atoms with Crippen LogP contribution in [0.3, 0.4) is 0 Å². The van der Waals surface area contributed by atoms with Crippen molar-refractivity contribution in [2.24, 2.45) is 17.3 Å². The molecule has 1 N–H and O–H groups in total. The molecule has 0 aliphatic carbocycles. The second kappa shape index (κ2) is 6.55. The molecule has 0 bridgehead atoms. The fraction of sp³-hybridized carbons (Fsp3) is 0.933. The molecule has 3 heteroatoms. The molecule has 18 heavy (non-hydrogen) atoms. The number of nitrogens with one attached hydrogen (secondary N) is 1. The van der Waals surface area contributed by atoms with Crippen LogP contribution in [0.15, 0.2) is 0 Å². The summed E-state index contributed by atoms with van der Waals surface area (Å²) in [5.74, 6) is 1.66. The van der Waals surface area contributed by atoms with Crippen molar-refractivity contribution in [3.63, 3.8) is 0 Å². The average molecular weight is 254 g/mol. The Hall–Kier alpha value is -0.570. The monoisotopic (exact) mass is 254 g/mol. The summed E-state index contributed by atoms with van der Waals surface area (Å²) in [5, 5.41) is 3.23. The molecule has 0 aromatic carbocycles. The summed E-state index contributed by atoms with van der Waals surface area (Å²) in [6, 6.07) is 0. The molecule has 1 aliphatic heterocycles. The smallest absolute Gasteiger partial charge is 0.228 e. The second-order valence-corrected chi connectivity index (χ2v) is 6.78. The van der Waals surface area contributed by atoms with Gasteiger partial charge in [-0.1, -0.05) is 27.7 Å². The minimum absolute atomic E-state index is 0.204. The van der Waals surface area contributed by atoms with Crippen LogP contribution in [-0.2, 0) is 4.79 Å². The van der Waals surface area contributed by atoms with Crippen LogP contribution >= 0.6 is 0 Å². The normalized spacial score (nSPS) is 18.4. The molecule has 1 amide bonds. The van der Waals surface area contributed by atoms with Gasteiger partial charge < -0.3 is 10.2 Å². The van der Waals surface area contributed by atoms with Gasteiger partial charge in [-0.3, -0.25) is 4.79 Å². The van der Waals surface area contributed by atoms with E-state index < -0.39 is 0 Å². The maximum Gasteiger partial charge on any atom is 0.228 e. The van der Waals surface area contributed by atoms with E-state index >= 15 is 0 Å². The van der Waals surface area contributed by atoms with Crippen LogP contribution < -0.4 is 5.32 Å². The Balaban J connectivity index is 2.49. The summed E-state index contributed by atoms with van der Waals surface area (Å²) in [7, 11) is 2.00. The highest BCUT2D eigenvalue weighted by atomic mass is 16.2. The zero-order valence-electron chi connectivity index (χ0n) is 12.8. The molecule has 106 valence electrons. The zero-order chi connectivity index (χ0) is 13.8. The first kappa shape index (κ1) is 15.5. The van der Waals surface area contributed by atoms with Gasteiger partial charge in [0.15, 0.2) is 0 Å². The van der Waals surface area contributed by atoms with Crippen molar-refractivity contribution >= 4 is 5.91 Å². The number of carbonyl (C=O) groups is 1. The third-order valence-electron chi connectivity index (χ3n) is 3.89. The summed E-state index contributed by atoms with van der Waals surface area (Å²) in [4.78, 5) is 14.6. The number of hydrogen-bond donors (Lipinski definition) is 1. The van der Waals surface area contributed by atoms with E-state index in [1.54, 1.807) is 0 Å². The van der Waals surface area contributed by atoms with Crippen molar-refractivity contribution in [2.75, 3.05) is 26.7 Å². The first-order valence-corrected chi connectivity index (χ1v) is 7.30. The van der Waals surface area contributed by atoms with Crippen molar-refractivity contribution in [1.82, 2.24) is 10.2 Å². The van der Waals surface area contributed by atoms with Crippen LogP contribution in [0.1, 0.15) is 47.0 Å². The van der Waals surface area contributed by atoms with Gasteiger partial charge in [0.2, 0.25) is 5.91 Å². The lowest BCUT2D eigenvalue weighted by molar-refractivity contribution is -0.142. The summed E-state index contributed by atoms with van der Waals surface area (Å²) in [6.07, 6.45) is 3.26. The SMILES string of the molecule is CNCC1CCN(C(=O)C(C)(C)CC(C)C)CC1. The van der Waals surface area contributed by atoms with Gasteiger partial charge in [-0.05, 0) is 44.7 Å². The van der Waals surface area contributed by atoms with E-state index in [-0.39, 0.29) is 5.41 Å². The Labute approximate surface area is 112 Å². The van der Waals surface area contributed by atoms with Crippen LogP contribution in [0.4, 0.5) is 0 Å². The summed E-state index contributed by atoms with van der Waals surface area (Å²) >= 11 is 0. The molecule has 0 unspecified atom stereocenters. The molecular weight excluding hydrogens is 224 g/mol. The van der Waals surface area contributed by atoms with Gasteiger partial charge in [-0.2, -0.15) is 0 Å². The van der Waals surface area contributed by atoms with Crippen molar-refractivity contribution in [3.05, 3.63) is 0 Å². The standard InChI is InChI=1S/C15H30N2O/c1-12(2)10-15(3,4)14(18)17-8-6-13(7-9-17)11-16-5/h12-13,16H,6-11H2,1-5H3. The van der Waals surface area contributed by atoms with Gasteiger partial charge in [-0.25, -0.2) is 0 Å². The molecule has 1 saturated heterocycles. The highest BCUT2D eigenvalue weighted by Crippen LogP contribution is 2.29. The predicted octanol–water partition coefficient (Wildman–Crippen LogP) is 2.52. The van der Waals surface area contributed by atoms with Gasteiger partial charge in [-0.15, -0.1) is 0 Å². The van der Waals surface area contributed by atoms with Gasteiger partial charge in [0.25, 0.3) is 0 Å². The van der Waals surface area contributed by atoms with E-state index in [4.69, 9.17) is 0 Å². The summed E-state index contributed by atoms with van der Waals surface area (Å²) < 4.78 is 0. The maximum atomic E-state index is 12.5. The number of amides is 1. The second-order valence-electron chi connectivity index (χ2n) is 6.78. The highest BCUT2D eigenvalue weighted by molar-refractivity contribution is 5.82. The topological polar surface area (TPSA) is 32.3 Å². The number of likely N-dealkylation sites (tertiary alicyclic amines) is 1. The van der Waals surface area contributed by atoms with Crippen molar-refractivity contribution in [3.8, 4) is 0 Å². The Morgan fingerprint density at radius 3 is 2.33 bits per heavy atom. The van der Waals surface area contributed by atoms with E-state index in [2.05, 4.69) is 37.9 Å². The van der Waals surface area contributed by atoms with Crippen molar-refractivity contribution < 1.29 is 4.79 Å². The van der Waals surface area contributed by atoms with E-state index in [9.17, 15) is 4.79 Å². The van der Waals surface area contributed by atoms with Gasteiger partial charge >= 0.3 is 0 Å². The van der Waals surface area contributed by atoms with Crippen LogP contribution in [-0.4, -0.2) is 37.5 Å². The van der Waals surface area contributed by atoms with Gasteiger partial charge in [0.05, 0.1) is 0 Å². The fourth-order valence-electron chi connectivity index (χ4n) is 3.16. The highest BCUT2D eigenvalue weighted by Gasteiger charge is 2.34. The lowest BCUT2D eigenvalue weighted by atomic mass is 9.82. The van der Waals surface area contributed by atoms with Crippen molar-refractivity contribution in [1.29, 1.82) is 0 Å². The molecule has 0 spiro atoms. The molecule has 0 aromatic heterocycles. The fourth-order valence-corrected chi connectivity index (χ4v) is 3.16. The third-order valence-corrected chi connectivity index (χ3v) is 3.89. The molecule has 1 heterocycles. The Kier molecular flexibility index (Phi) is 5.64. The summed E-state index contributed by atoms with van der Waals surface area (Å²) in [6.45, 7) is 11.5. The van der Waals surface area contributed by atoms with Crippen LogP contribution in [0.5, 0.6) is 0 Å². The first-order valence-electron chi connectivity index (χ1n) is 7.30. The quantitative estimate of drug-likeness (QED) is 0.817. The molecule has 1 fully saturated rings. The molecule has 3 nitrogen and oxygen atoms in total. The zero-order valence-corrected chi connectivity index (χ0v) is 12.8. The third kappa shape index (κ3) is 4.27. The van der Waals surface area contributed by atoms with Crippen LogP contribution in [0.25, 0.3) is 0 Å². The maximum absolute atomic E-state index is 12.5. The minimum Gasteiger partial charge on any atom is -0.342 e. The lowest BCUT2D eigenvalue weighted by Crippen LogP contribution is -2.46. The number of nitrogens with zero attached hydrogens (tertiary/aromatic N) is 1. The number of rotatable bonds is 5. The van der Waals surface area contributed by atoms with E-state index in [0.717, 1.165) is 44.8 Å². The average Bonchev–Trinajstić information content (AvgIpc) is 2.28. The Morgan fingerprint density at radius 1 is 1.33 bits per heavy atom. The van der Waals surface area contributed by atoms with Crippen LogP contribution in [0.2, 0.25) is 0 Å². The van der Waals surface area contributed by atoms with Crippen molar-refractivity contribution in [2.45, 2.75) is 47.0 Å². The molecular formula is C15H30N2O. The molecule has 0 saturated carbocycles. The molecule has 0 aromatic rings. The minimum atomic E-state index is -0.204. The van der Waals surface area contributed by atoms with E-state index in [1.807, 2.05) is 7.05 Å². The number of piperidine rings is 1. The number of carbonyl (C=O) groups excluding carboxylic acids is 1. The van der Waals surface area contributed by atoms with Gasteiger partial charge in [0.1, 0.15) is 0 Å². The molecule has 0 radical (unpaired) electrons. The first-order chi connectivity index (χ1) is 8.36. The summed E-state index contributed by atoms with van der Waals surface area (Å²) in [5.41, 5.74) is -0.204. The van der Waals surface area contributed by atoms with E-state index in [1.165, 1.54) is 0 Å². The van der Waals surface area contributed by atoms with E-state index in [0.29, 0.717) is 11.8 Å². The molecule has 1 rings (SSSR count). The molecule has 0 atom stereocenters. The van der Waals surface area contributed by atoms with Crippen LogP contribution in [0, 0.1) is 17.3 Å². The molecule has 1 aliphatic rings. The number of hydrogen-bond acceptors (Lipinski definition) is 2. The van der Waals surface area contributed by atoms with Gasteiger partial charge in [0, 0.05) is 18.5 Å². The lowest BCUT2D eigenvalue weighted by Gasteiger charge is -2.37. The predicted molar refractivity (Wildman–Crippen MR) is 76.5 cm³/mol.